The van der Waals surface area contributed by atoms with Crippen LogP contribution in [0.1, 0.15) is 30.9 Å². The molecule has 0 atom stereocenters. The predicted octanol–water partition coefficient (Wildman–Crippen LogP) is 7.00. The summed E-state index contributed by atoms with van der Waals surface area (Å²) >= 11 is 10.1. The van der Waals surface area contributed by atoms with E-state index >= 15 is 0 Å². The van der Waals surface area contributed by atoms with Crippen LogP contribution in [0.15, 0.2) is 76.1 Å². The van der Waals surface area contributed by atoms with Gasteiger partial charge >= 0.3 is 0 Å². The zero-order valence-electron chi connectivity index (χ0n) is 20.5. The monoisotopic (exact) mass is 596 g/mol. The van der Waals surface area contributed by atoms with Crippen molar-refractivity contribution in [2.75, 3.05) is 23.9 Å². The van der Waals surface area contributed by atoms with Gasteiger partial charge in [0, 0.05) is 10.2 Å². The number of amides is 2. The van der Waals surface area contributed by atoms with Crippen molar-refractivity contribution in [3.05, 3.63) is 87.2 Å². The van der Waals surface area contributed by atoms with E-state index in [1.54, 1.807) is 24.3 Å². The van der Waals surface area contributed by atoms with Crippen molar-refractivity contribution < 1.29 is 19.1 Å². The number of anilines is 2. The normalized spacial score (nSPS) is 14.4. The molecule has 3 aromatic carbocycles. The molecular formula is C28H25BrN2O4S2. The third-order valence-corrected chi connectivity index (χ3v) is 7.41. The molecule has 1 aliphatic rings. The highest BCUT2D eigenvalue weighted by Gasteiger charge is 2.33. The minimum absolute atomic E-state index is 0.173. The number of thiocarbonyl (C=S) groups is 1. The first kappa shape index (κ1) is 26.9. The highest BCUT2D eigenvalue weighted by Crippen LogP contribution is 2.37. The van der Waals surface area contributed by atoms with Crippen LogP contribution >= 0.6 is 39.9 Å². The van der Waals surface area contributed by atoms with Crippen LogP contribution in [0.2, 0.25) is 0 Å². The molecule has 9 heteroatoms. The maximum absolute atomic E-state index is 13.1. The van der Waals surface area contributed by atoms with Gasteiger partial charge in [-0.15, -0.1) is 0 Å². The van der Waals surface area contributed by atoms with Gasteiger partial charge in [0.05, 0.1) is 17.7 Å². The smallest absolute Gasteiger partial charge is 0.270 e. The summed E-state index contributed by atoms with van der Waals surface area (Å²) in [5, 5.41) is 2.91. The number of methoxy groups -OCH3 is 1. The summed E-state index contributed by atoms with van der Waals surface area (Å²) in [5.41, 5.74) is 3.29. The van der Waals surface area contributed by atoms with Crippen LogP contribution in [0.5, 0.6) is 11.5 Å². The molecule has 0 spiro atoms. The molecule has 1 saturated heterocycles. The van der Waals surface area contributed by atoms with Gasteiger partial charge in [-0.3, -0.25) is 14.5 Å². The highest BCUT2D eigenvalue weighted by molar-refractivity contribution is 9.10. The van der Waals surface area contributed by atoms with E-state index in [0.717, 1.165) is 21.3 Å². The van der Waals surface area contributed by atoms with Gasteiger partial charge in [0.2, 0.25) is 0 Å². The summed E-state index contributed by atoms with van der Waals surface area (Å²) in [6, 6.07) is 20.4. The minimum atomic E-state index is -0.268. The molecule has 1 aliphatic heterocycles. The Hall–Kier alpha value is -3.14. The standard InChI is InChI=1S/C28H25BrN2O4S2/c1-17(2)21-6-4-5-7-22(21)30-26(32)16-35-23-13-8-18(14-24(23)34-3)15-25-27(33)31(28(36)37-25)20-11-9-19(29)10-12-20/h4-15,17H,16H2,1-3H3,(H,30,32)/b25-15-. The molecule has 1 heterocycles. The van der Waals surface area contributed by atoms with E-state index in [1.165, 1.54) is 23.8 Å². The first-order valence-corrected chi connectivity index (χ1v) is 13.5. The predicted molar refractivity (Wildman–Crippen MR) is 157 cm³/mol. The summed E-state index contributed by atoms with van der Waals surface area (Å²) in [6.45, 7) is 3.98. The van der Waals surface area contributed by atoms with Crippen LogP contribution in [0, 0.1) is 0 Å². The van der Waals surface area contributed by atoms with Gasteiger partial charge in [-0.2, -0.15) is 0 Å². The van der Waals surface area contributed by atoms with Gasteiger partial charge in [-0.1, -0.05) is 78.0 Å². The molecular weight excluding hydrogens is 572 g/mol. The van der Waals surface area contributed by atoms with Crippen molar-refractivity contribution in [2.45, 2.75) is 19.8 Å². The number of carbonyl (C=O) groups is 2. The Labute approximate surface area is 234 Å². The Bertz CT molecular complexity index is 1370. The Morgan fingerprint density at radius 1 is 1.11 bits per heavy atom. The number of nitrogens with zero attached hydrogens (tertiary/aromatic N) is 1. The molecule has 1 N–H and O–H groups in total. The maximum Gasteiger partial charge on any atom is 0.270 e. The second kappa shape index (κ2) is 11.9. The quantitative estimate of drug-likeness (QED) is 0.223. The average Bonchev–Trinajstić information content (AvgIpc) is 3.16. The lowest BCUT2D eigenvalue weighted by atomic mass is 10.0. The van der Waals surface area contributed by atoms with Crippen molar-refractivity contribution >= 4 is 73.5 Å². The third kappa shape index (κ3) is 6.41. The van der Waals surface area contributed by atoms with Crippen LogP contribution in [0.25, 0.3) is 6.08 Å². The largest absolute Gasteiger partial charge is 0.493 e. The average molecular weight is 598 g/mol. The molecule has 3 aromatic rings. The molecule has 1 fully saturated rings. The number of hydrogen-bond donors (Lipinski definition) is 1. The van der Waals surface area contributed by atoms with Crippen molar-refractivity contribution in [3.8, 4) is 11.5 Å². The number of benzene rings is 3. The van der Waals surface area contributed by atoms with Gasteiger partial charge in [-0.25, -0.2) is 0 Å². The zero-order valence-corrected chi connectivity index (χ0v) is 23.7. The molecule has 0 bridgehead atoms. The third-order valence-electron chi connectivity index (χ3n) is 5.58. The highest BCUT2D eigenvalue weighted by atomic mass is 79.9. The molecule has 0 unspecified atom stereocenters. The number of nitrogens with one attached hydrogen (secondary N) is 1. The Morgan fingerprint density at radius 2 is 1.84 bits per heavy atom. The fourth-order valence-electron chi connectivity index (χ4n) is 3.77. The SMILES string of the molecule is COc1cc(/C=C2\SC(=S)N(c3ccc(Br)cc3)C2=O)ccc1OCC(=O)Nc1ccccc1C(C)C. The summed E-state index contributed by atoms with van der Waals surface area (Å²) < 4.78 is 12.6. The lowest BCUT2D eigenvalue weighted by Gasteiger charge is -2.15. The number of halogens is 1. The van der Waals surface area contributed by atoms with Gasteiger partial charge in [0.25, 0.3) is 11.8 Å². The van der Waals surface area contributed by atoms with Gasteiger partial charge in [0.1, 0.15) is 0 Å². The topological polar surface area (TPSA) is 67.9 Å². The first-order valence-electron chi connectivity index (χ1n) is 11.5. The van der Waals surface area contributed by atoms with E-state index < -0.39 is 0 Å². The van der Waals surface area contributed by atoms with E-state index in [4.69, 9.17) is 21.7 Å². The van der Waals surface area contributed by atoms with Crippen molar-refractivity contribution in [3.63, 3.8) is 0 Å². The van der Waals surface area contributed by atoms with E-state index in [0.29, 0.717) is 26.4 Å². The fraction of sp³-hybridized carbons (Fsp3) is 0.179. The van der Waals surface area contributed by atoms with E-state index in [-0.39, 0.29) is 24.3 Å². The lowest BCUT2D eigenvalue weighted by Crippen LogP contribution is -2.27. The summed E-state index contributed by atoms with van der Waals surface area (Å²) in [7, 11) is 1.53. The molecule has 0 radical (unpaired) electrons. The Balaban J connectivity index is 1.45. The van der Waals surface area contributed by atoms with E-state index in [2.05, 4.69) is 35.1 Å². The van der Waals surface area contributed by atoms with E-state index in [9.17, 15) is 9.59 Å². The second-order valence-electron chi connectivity index (χ2n) is 8.48. The molecule has 0 saturated carbocycles. The molecule has 4 rings (SSSR count). The Morgan fingerprint density at radius 3 is 2.54 bits per heavy atom. The first-order chi connectivity index (χ1) is 17.8. The van der Waals surface area contributed by atoms with Gasteiger partial charge < -0.3 is 14.8 Å². The number of para-hydroxylation sites is 1. The summed E-state index contributed by atoms with van der Waals surface area (Å²) in [5.74, 6) is 0.702. The van der Waals surface area contributed by atoms with Crippen LogP contribution in [-0.2, 0) is 9.59 Å². The molecule has 2 amide bonds. The zero-order chi connectivity index (χ0) is 26.5. The lowest BCUT2D eigenvalue weighted by molar-refractivity contribution is -0.118. The number of hydrogen-bond acceptors (Lipinski definition) is 6. The molecule has 37 heavy (non-hydrogen) atoms. The van der Waals surface area contributed by atoms with Crippen LogP contribution < -0.4 is 19.7 Å². The van der Waals surface area contributed by atoms with Gasteiger partial charge in [-0.05, 0) is 65.6 Å². The summed E-state index contributed by atoms with van der Waals surface area (Å²) in [6.07, 6.45) is 1.76. The maximum atomic E-state index is 13.1. The number of rotatable bonds is 8. The van der Waals surface area contributed by atoms with Crippen LogP contribution in [-0.4, -0.2) is 29.9 Å². The molecule has 0 aromatic heterocycles. The summed E-state index contributed by atoms with van der Waals surface area (Å²) in [4.78, 5) is 27.6. The number of carbonyl (C=O) groups excluding carboxylic acids is 2. The van der Waals surface area contributed by atoms with E-state index in [1.807, 2.05) is 48.5 Å². The number of thioether (sulfide) groups is 1. The van der Waals surface area contributed by atoms with Gasteiger partial charge in [0.15, 0.2) is 22.4 Å². The number of ether oxygens (including phenoxy) is 2. The van der Waals surface area contributed by atoms with Crippen molar-refractivity contribution in [1.29, 1.82) is 0 Å². The minimum Gasteiger partial charge on any atom is -0.493 e. The van der Waals surface area contributed by atoms with Crippen molar-refractivity contribution in [1.82, 2.24) is 0 Å². The molecule has 0 aliphatic carbocycles. The fourth-order valence-corrected chi connectivity index (χ4v) is 5.33. The van der Waals surface area contributed by atoms with Crippen molar-refractivity contribution in [2.24, 2.45) is 0 Å². The van der Waals surface area contributed by atoms with Crippen LogP contribution in [0.4, 0.5) is 11.4 Å². The van der Waals surface area contributed by atoms with Crippen LogP contribution in [0.3, 0.4) is 0 Å². The second-order valence-corrected chi connectivity index (χ2v) is 11.1. The Kier molecular flexibility index (Phi) is 8.68. The molecule has 6 nitrogen and oxygen atoms in total. The molecule has 190 valence electrons.